The van der Waals surface area contributed by atoms with Gasteiger partial charge in [-0.2, -0.15) is 0 Å². The van der Waals surface area contributed by atoms with Gasteiger partial charge in [-0.25, -0.2) is 0 Å². The molecule has 0 unspecified atom stereocenters. The molecule has 0 fully saturated rings. The van der Waals surface area contributed by atoms with E-state index in [0.29, 0.717) is 11.4 Å². The van der Waals surface area contributed by atoms with Crippen LogP contribution < -0.4 is 15.8 Å². The van der Waals surface area contributed by atoms with Gasteiger partial charge < -0.3 is 15.8 Å². The highest BCUT2D eigenvalue weighted by Gasteiger charge is 2.06. The standard InChI is InChI=1S/C11H13BrN2O3/c12-7-11(16)14-8-3-1-2-4-9(8)17-6-5-10(13)15/h1-4H,5-7H2,(H2,13,15)(H,14,16). The second-order valence-electron chi connectivity index (χ2n) is 3.24. The summed E-state index contributed by atoms with van der Waals surface area (Å²) in [6.45, 7) is 0.191. The third-order valence-corrected chi connectivity index (χ3v) is 2.40. The smallest absolute Gasteiger partial charge is 0.235 e. The molecule has 92 valence electrons. The summed E-state index contributed by atoms with van der Waals surface area (Å²) in [5.74, 6) is -0.0778. The average Bonchev–Trinajstić information content (AvgIpc) is 2.30. The van der Waals surface area contributed by atoms with Crippen LogP contribution in [0.1, 0.15) is 6.42 Å². The number of hydrogen-bond acceptors (Lipinski definition) is 3. The van der Waals surface area contributed by atoms with E-state index in [2.05, 4.69) is 21.2 Å². The summed E-state index contributed by atoms with van der Waals surface area (Å²) in [4.78, 5) is 21.8. The third kappa shape index (κ3) is 4.86. The molecule has 0 radical (unpaired) electrons. The van der Waals surface area contributed by atoms with Crippen LogP contribution in [-0.4, -0.2) is 23.8 Å². The lowest BCUT2D eigenvalue weighted by molar-refractivity contribution is -0.118. The van der Waals surface area contributed by atoms with Crippen LogP contribution >= 0.6 is 15.9 Å². The number of benzene rings is 1. The van der Waals surface area contributed by atoms with Gasteiger partial charge in [0.25, 0.3) is 0 Å². The number of para-hydroxylation sites is 2. The third-order valence-electron chi connectivity index (χ3n) is 1.89. The molecule has 0 saturated carbocycles. The zero-order valence-corrected chi connectivity index (χ0v) is 10.7. The van der Waals surface area contributed by atoms with E-state index >= 15 is 0 Å². The summed E-state index contributed by atoms with van der Waals surface area (Å²) in [5.41, 5.74) is 5.57. The molecule has 0 aliphatic rings. The Balaban J connectivity index is 2.64. The van der Waals surface area contributed by atoms with Gasteiger partial charge in [0.15, 0.2) is 0 Å². The minimum absolute atomic E-state index is 0.140. The molecule has 6 heteroatoms. The van der Waals surface area contributed by atoms with E-state index in [4.69, 9.17) is 10.5 Å². The molecule has 5 nitrogen and oxygen atoms in total. The number of nitrogens with two attached hydrogens (primary N) is 1. The fourth-order valence-electron chi connectivity index (χ4n) is 1.14. The number of rotatable bonds is 6. The van der Waals surface area contributed by atoms with Crippen LogP contribution in [0.2, 0.25) is 0 Å². The fraction of sp³-hybridized carbons (Fsp3) is 0.273. The van der Waals surface area contributed by atoms with E-state index in [0.717, 1.165) is 0 Å². The van der Waals surface area contributed by atoms with Crippen LogP contribution in [0.15, 0.2) is 24.3 Å². The Hall–Kier alpha value is -1.56. The molecule has 3 N–H and O–H groups in total. The zero-order chi connectivity index (χ0) is 12.7. The van der Waals surface area contributed by atoms with Gasteiger partial charge in [0.1, 0.15) is 5.75 Å². The Morgan fingerprint density at radius 3 is 2.71 bits per heavy atom. The number of carbonyl (C=O) groups is 2. The highest BCUT2D eigenvalue weighted by molar-refractivity contribution is 9.09. The van der Waals surface area contributed by atoms with Crippen LogP contribution in [0.5, 0.6) is 5.75 Å². The number of anilines is 1. The number of nitrogens with one attached hydrogen (secondary N) is 1. The molecule has 1 aromatic rings. The summed E-state index contributed by atoms with van der Waals surface area (Å²) >= 11 is 3.05. The highest BCUT2D eigenvalue weighted by atomic mass is 79.9. The van der Waals surface area contributed by atoms with E-state index in [1.54, 1.807) is 24.3 Å². The van der Waals surface area contributed by atoms with Crippen LogP contribution in [0.3, 0.4) is 0 Å². The maximum Gasteiger partial charge on any atom is 0.235 e. The highest BCUT2D eigenvalue weighted by Crippen LogP contribution is 2.23. The number of amides is 2. The molecule has 0 aromatic heterocycles. The summed E-state index contributed by atoms with van der Waals surface area (Å²) in [6.07, 6.45) is 0.140. The van der Waals surface area contributed by atoms with E-state index in [-0.39, 0.29) is 24.3 Å². The number of alkyl halides is 1. The summed E-state index contributed by atoms with van der Waals surface area (Å²) in [7, 11) is 0. The Labute approximate surface area is 107 Å². The van der Waals surface area contributed by atoms with Gasteiger partial charge in [-0.05, 0) is 12.1 Å². The van der Waals surface area contributed by atoms with Crippen LogP contribution in [0.25, 0.3) is 0 Å². The van der Waals surface area contributed by atoms with Crippen LogP contribution in [0.4, 0.5) is 5.69 Å². The summed E-state index contributed by atoms with van der Waals surface area (Å²) in [5, 5.41) is 2.88. The quantitative estimate of drug-likeness (QED) is 0.776. The van der Waals surface area contributed by atoms with Crippen molar-refractivity contribution >= 4 is 33.4 Å². The normalized spacial score (nSPS) is 9.71. The Morgan fingerprint density at radius 2 is 2.06 bits per heavy atom. The molecule has 1 rings (SSSR count). The van der Waals surface area contributed by atoms with Crippen molar-refractivity contribution in [2.45, 2.75) is 6.42 Å². The van der Waals surface area contributed by atoms with E-state index < -0.39 is 5.91 Å². The number of halogens is 1. The fourth-order valence-corrected chi connectivity index (χ4v) is 1.28. The Morgan fingerprint density at radius 1 is 1.35 bits per heavy atom. The first-order valence-electron chi connectivity index (χ1n) is 4.99. The van der Waals surface area contributed by atoms with Crippen LogP contribution in [0, 0.1) is 0 Å². The van der Waals surface area contributed by atoms with Gasteiger partial charge >= 0.3 is 0 Å². The van der Waals surface area contributed by atoms with Gasteiger partial charge in [-0.15, -0.1) is 0 Å². The first-order valence-corrected chi connectivity index (χ1v) is 6.11. The minimum Gasteiger partial charge on any atom is -0.491 e. The maximum atomic E-state index is 11.2. The molecule has 0 aliphatic carbocycles. The molecule has 2 amide bonds. The van der Waals surface area contributed by atoms with Crippen molar-refractivity contribution in [3.8, 4) is 5.75 Å². The number of hydrogen-bond donors (Lipinski definition) is 2. The average molecular weight is 301 g/mol. The number of ether oxygens (including phenoxy) is 1. The van der Waals surface area contributed by atoms with Crippen molar-refractivity contribution in [3.63, 3.8) is 0 Å². The van der Waals surface area contributed by atoms with E-state index in [1.165, 1.54) is 0 Å². The number of primary amides is 1. The zero-order valence-electron chi connectivity index (χ0n) is 9.11. The van der Waals surface area contributed by atoms with Crippen molar-refractivity contribution in [2.75, 3.05) is 17.3 Å². The molecule has 0 atom stereocenters. The molecule has 1 aromatic carbocycles. The number of carbonyl (C=O) groups excluding carboxylic acids is 2. The first-order chi connectivity index (χ1) is 8.13. The van der Waals surface area contributed by atoms with Gasteiger partial charge in [0.2, 0.25) is 11.8 Å². The lowest BCUT2D eigenvalue weighted by atomic mass is 10.3. The monoisotopic (exact) mass is 300 g/mol. The minimum atomic E-state index is -0.424. The van der Waals surface area contributed by atoms with E-state index in [9.17, 15) is 9.59 Å². The van der Waals surface area contributed by atoms with Gasteiger partial charge in [0, 0.05) is 0 Å². The van der Waals surface area contributed by atoms with Crippen molar-refractivity contribution in [2.24, 2.45) is 5.73 Å². The van der Waals surface area contributed by atoms with Gasteiger partial charge in [0.05, 0.1) is 24.0 Å². The second kappa shape index (κ2) is 6.90. The lowest BCUT2D eigenvalue weighted by Crippen LogP contribution is -2.16. The molecular weight excluding hydrogens is 288 g/mol. The first kappa shape index (κ1) is 13.5. The molecule has 0 saturated heterocycles. The SMILES string of the molecule is NC(=O)CCOc1ccccc1NC(=O)CBr. The lowest BCUT2D eigenvalue weighted by Gasteiger charge is -2.11. The predicted octanol–water partition coefficient (Wildman–Crippen LogP) is 1.27. The summed E-state index contributed by atoms with van der Waals surface area (Å²) in [6, 6.07) is 7.00. The molecule has 0 aliphatic heterocycles. The largest absolute Gasteiger partial charge is 0.491 e. The van der Waals surface area contributed by atoms with Crippen LogP contribution in [-0.2, 0) is 9.59 Å². The topological polar surface area (TPSA) is 81.4 Å². The predicted molar refractivity (Wildman–Crippen MR) is 68.2 cm³/mol. The molecule has 17 heavy (non-hydrogen) atoms. The molecular formula is C11H13BrN2O3. The van der Waals surface area contributed by atoms with Gasteiger partial charge in [-0.1, -0.05) is 28.1 Å². The molecule has 0 bridgehead atoms. The van der Waals surface area contributed by atoms with Crippen molar-refractivity contribution in [3.05, 3.63) is 24.3 Å². The molecule has 0 heterocycles. The maximum absolute atomic E-state index is 11.2. The Bertz CT molecular complexity index is 409. The second-order valence-corrected chi connectivity index (χ2v) is 3.80. The van der Waals surface area contributed by atoms with Crippen molar-refractivity contribution in [1.29, 1.82) is 0 Å². The van der Waals surface area contributed by atoms with Crippen molar-refractivity contribution < 1.29 is 14.3 Å². The summed E-state index contributed by atoms with van der Waals surface area (Å²) < 4.78 is 5.36. The van der Waals surface area contributed by atoms with Crippen molar-refractivity contribution in [1.82, 2.24) is 0 Å². The Kier molecular flexibility index (Phi) is 5.48. The molecule has 0 spiro atoms. The van der Waals surface area contributed by atoms with E-state index in [1.807, 2.05) is 0 Å². The van der Waals surface area contributed by atoms with Gasteiger partial charge in [-0.3, -0.25) is 9.59 Å².